The Labute approximate surface area is 349 Å². The highest BCUT2D eigenvalue weighted by atomic mass is 35.5. The van der Waals surface area contributed by atoms with Gasteiger partial charge >= 0.3 is 11.9 Å². The molecule has 0 bridgehead atoms. The molecule has 0 N–H and O–H groups in total. The minimum atomic E-state index is -0.888. The number of esters is 2. The molecule has 4 aliphatic rings. The molecule has 310 valence electrons. The van der Waals surface area contributed by atoms with Gasteiger partial charge in [-0.3, -0.25) is 0 Å². The number of hydrogen-bond acceptors (Lipinski definition) is 6. The minimum Gasteiger partial charge on any atom is -0.477 e. The van der Waals surface area contributed by atoms with Crippen molar-refractivity contribution < 1.29 is 28.5 Å². The van der Waals surface area contributed by atoms with E-state index in [1.165, 1.54) is 139 Å². The Morgan fingerprint density at radius 2 is 0.821 bits per heavy atom. The van der Waals surface area contributed by atoms with Gasteiger partial charge in [0.15, 0.2) is 12.2 Å². The summed E-state index contributed by atoms with van der Waals surface area (Å²) in [6.45, 7) is 7.67. The highest BCUT2D eigenvalue weighted by molar-refractivity contribution is 7.68. The highest BCUT2D eigenvalue weighted by Gasteiger charge is 2.41. The first-order chi connectivity index (χ1) is 27.2. The van der Waals surface area contributed by atoms with Crippen LogP contribution >= 0.6 is 39.0 Å². The van der Waals surface area contributed by atoms with Gasteiger partial charge in [-0.15, -0.1) is 0 Å². The van der Waals surface area contributed by atoms with E-state index >= 15 is 0 Å². The van der Waals surface area contributed by atoms with Crippen LogP contribution in [-0.2, 0) is 19.1 Å². The van der Waals surface area contributed by atoms with Crippen LogP contribution in [0, 0.1) is 0 Å². The number of benzene rings is 2. The Bertz CT molecular complexity index is 1440. The summed E-state index contributed by atoms with van der Waals surface area (Å²) in [5.74, 6) is 0.158. The summed E-state index contributed by atoms with van der Waals surface area (Å²) < 4.78 is 24.7. The smallest absolute Gasteiger partial charge is 0.347 e. The third kappa shape index (κ3) is 10.6. The molecule has 4 saturated carbocycles. The van der Waals surface area contributed by atoms with Gasteiger partial charge in [-0.1, -0.05) is 128 Å². The largest absolute Gasteiger partial charge is 0.477 e. The fraction of sp³-hybridized carbons (Fsp3) is 0.696. The summed E-state index contributed by atoms with van der Waals surface area (Å²) in [5, 5.41) is 3.48. The van der Waals surface area contributed by atoms with Gasteiger partial charge in [0.1, 0.15) is 11.5 Å². The normalized spacial score (nSPS) is 20.5. The van der Waals surface area contributed by atoms with Crippen LogP contribution in [0.5, 0.6) is 11.5 Å². The van der Waals surface area contributed by atoms with Crippen molar-refractivity contribution in [1.29, 1.82) is 0 Å². The van der Waals surface area contributed by atoms with Crippen LogP contribution < -0.4 is 20.1 Å². The maximum absolute atomic E-state index is 13.3. The zero-order valence-electron chi connectivity index (χ0n) is 34.4. The minimum absolute atomic E-state index is 0.261. The van der Waals surface area contributed by atoms with Gasteiger partial charge in [0.25, 0.3) is 0 Å². The quantitative estimate of drug-likeness (QED) is 0.131. The van der Waals surface area contributed by atoms with Crippen molar-refractivity contribution in [2.24, 2.45) is 0 Å². The molecule has 0 saturated heterocycles. The van der Waals surface area contributed by atoms with Crippen LogP contribution in [0.4, 0.5) is 0 Å². The molecule has 0 spiro atoms. The van der Waals surface area contributed by atoms with Crippen LogP contribution in [0.25, 0.3) is 11.1 Å². The zero-order chi connectivity index (χ0) is 39.6. The van der Waals surface area contributed by atoms with E-state index in [9.17, 15) is 9.59 Å². The summed E-state index contributed by atoms with van der Waals surface area (Å²) in [6.07, 6.45) is 23.2. The Balaban J connectivity index is 1.68. The monoisotopic (exact) mass is 846 g/mol. The lowest BCUT2D eigenvalue weighted by Crippen LogP contribution is -2.32. The van der Waals surface area contributed by atoms with Crippen molar-refractivity contribution in [3.63, 3.8) is 0 Å². The van der Waals surface area contributed by atoms with E-state index < -0.39 is 40.0 Å². The number of ether oxygens (including phenoxy) is 4. The van der Waals surface area contributed by atoms with Gasteiger partial charge in [-0.2, -0.15) is 0 Å². The van der Waals surface area contributed by atoms with Gasteiger partial charge in [0.2, 0.25) is 0 Å². The predicted octanol–water partition coefficient (Wildman–Crippen LogP) is 12.9. The van der Waals surface area contributed by atoms with Crippen molar-refractivity contribution in [3.8, 4) is 22.6 Å². The number of carbonyl (C=O) groups is 2. The molecule has 4 fully saturated rings. The molecule has 0 radical (unpaired) electrons. The second kappa shape index (κ2) is 21.6. The maximum Gasteiger partial charge on any atom is 0.347 e. The fourth-order valence-electron chi connectivity index (χ4n) is 10.0. The highest BCUT2D eigenvalue weighted by Crippen LogP contribution is 2.61. The Morgan fingerprint density at radius 1 is 0.536 bits per heavy atom. The molecular formula is C46H66Cl2O6P2. The van der Waals surface area contributed by atoms with Crippen molar-refractivity contribution >= 4 is 61.6 Å². The lowest BCUT2D eigenvalue weighted by atomic mass is 9.99. The number of hydrogen-bond donors (Lipinski definition) is 0. The molecule has 2 aromatic rings. The van der Waals surface area contributed by atoms with E-state index in [1.807, 2.05) is 26.0 Å². The Hall–Kier alpha value is -1.58. The van der Waals surface area contributed by atoms with Gasteiger partial charge in [0.05, 0.1) is 23.3 Å². The Kier molecular flexibility index (Phi) is 17.0. The van der Waals surface area contributed by atoms with E-state index in [0.29, 0.717) is 44.2 Å². The number of carbonyl (C=O) groups excluding carboxylic acids is 2. The molecular weight excluding hydrogens is 781 g/mol. The summed E-state index contributed by atoms with van der Waals surface area (Å²) in [6, 6.07) is 8.60. The summed E-state index contributed by atoms with van der Waals surface area (Å²) >= 11 is 14.7. The second-order valence-corrected chi connectivity index (χ2v) is 22.9. The van der Waals surface area contributed by atoms with Crippen LogP contribution in [0.2, 0.25) is 10.0 Å². The van der Waals surface area contributed by atoms with Gasteiger partial charge in [-0.25, -0.2) is 9.59 Å². The summed E-state index contributed by atoms with van der Waals surface area (Å²) in [5.41, 5.74) is 4.19. The molecule has 6 nitrogen and oxygen atoms in total. The molecule has 0 amide bonds. The average molecular weight is 848 g/mol. The van der Waals surface area contributed by atoms with Crippen LogP contribution in [0.15, 0.2) is 24.3 Å². The van der Waals surface area contributed by atoms with Gasteiger partial charge in [0, 0.05) is 11.1 Å². The van der Waals surface area contributed by atoms with Crippen molar-refractivity contribution in [2.75, 3.05) is 13.2 Å². The van der Waals surface area contributed by atoms with Gasteiger partial charge in [-0.05, 0) is 124 Å². The van der Waals surface area contributed by atoms with E-state index in [-0.39, 0.29) is 13.2 Å². The standard InChI is InChI=1S/C46H66Cl2O6P2/c1-5-51-45(49)31(3)53-43-37(47)27-29-39(55(33-19-11-7-12-20-33)34-21-13-8-14-22-34)41(43)42-40(30-28-38(48)44(42)54-32(4)46(50)52-6-2)56(35-23-15-9-16-24-35)36-25-17-10-18-26-36/h27-36H,5-26H2,1-4H3/t31-,32?/m0/s1. The fourth-order valence-corrected chi connectivity index (χ4v) is 18.3. The van der Waals surface area contributed by atoms with Gasteiger partial charge < -0.3 is 18.9 Å². The van der Waals surface area contributed by atoms with E-state index in [1.54, 1.807) is 13.8 Å². The van der Waals surface area contributed by atoms with Crippen molar-refractivity contribution in [1.82, 2.24) is 0 Å². The second-order valence-electron chi connectivity index (χ2n) is 16.5. The lowest BCUT2D eigenvalue weighted by Gasteiger charge is -2.42. The molecule has 4 aliphatic carbocycles. The van der Waals surface area contributed by atoms with E-state index in [4.69, 9.17) is 42.1 Å². The first-order valence-corrected chi connectivity index (χ1v) is 25.8. The van der Waals surface area contributed by atoms with Crippen LogP contribution in [-0.4, -0.2) is 60.0 Å². The number of rotatable bonds is 15. The first kappa shape index (κ1) is 44.0. The van der Waals surface area contributed by atoms with E-state index in [0.717, 1.165) is 11.1 Å². The Morgan fingerprint density at radius 3 is 1.09 bits per heavy atom. The third-order valence-electron chi connectivity index (χ3n) is 12.7. The SMILES string of the molecule is CCOC(=O)C(C)Oc1c(Cl)ccc(P(C2CCCCC2)C2CCCCC2)c1-c1c(P(C2CCCCC2)C2CCCCC2)ccc(Cl)c1O[C@@H](C)C(=O)OCC. The maximum atomic E-state index is 13.3. The summed E-state index contributed by atoms with van der Waals surface area (Å²) in [7, 11) is -1.34. The van der Waals surface area contributed by atoms with Crippen LogP contribution in [0.1, 0.15) is 156 Å². The van der Waals surface area contributed by atoms with E-state index in [2.05, 4.69) is 12.1 Å². The summed E-state index contributed by atoms with van der Waals surface area (Å²) in [4.78, 5) is 26.7. The molecule has 56 heavy (non-hydrogen) atoms. The lowest BCUT2D eigenvalue weighted by molar-refractivity contribution is -0.151. The zero-order valence-corrected chi connectivity index (χ0v) is 37.7. The third-order valence-corrected chi connectivity index (χ3v) is 20.3. The molecule has 6 rings (SSSR count). The van der Waals surface area contributed by atoms with Crippen molar-refractivity contribution in [3.05, 3.63) is 34.3 Å². The molecule has 2 aromatic carbocycles. The molecule has 0 aromatic heterocycles. The molecule has 1 unspecified atom stereocenters. The predicted molar refractivity (Wildman–Crippen MR) is 236 cm³/mol. The molecule has 2 atom stereocenters. The molecule has 0 aliphatic heterocycles. The molecule has 0 heterocycles. The van der Waals surface area contributed by atoms with Crippen molar-refractivity contribution in [2.45, 2.75) is 191 Å². The number of halogens is 2. The van der Waals surface area contributed by atoms with Crippen LogP contribution in [0.3, 0.4) is 0 Å². The topological polar surface area (TPSA) is 71.1 Å². The average Bonchev–Trinajstić information content (AvgIpc) is 3.22. The first-order valence-electron chi connectivity index (χ1n) is 22.1. The molecule has 10 heteroatoms.